The summed E-state index contributed by atoms with van der Waals surface area (Å²) in [4.78, 5) is 23.6. The van der Waals surface area contributed by atoms with Gasteiger partial charge >= 0.3 is 0 Å². The summed E-state index contributed by atoms with van der Waals surface area (Å²) in [5.74, 6) is -1.27. The van der Waals surface area contributed by atoms with Crippen molar-refractivity contribution in [1.29, 1.82) is 0 Å². The molecular formula is C14H15BrO3. The highest BCUT2D eigenvalue weighted by molar-refractivity contribution is 9.10. The largest absolute Gasteiger partial charge is 0.382 e. The highest BCUT2D eigenvalue weighted by Crippen LogP contribution is 2.44. The second kappa shape index (κ2) is 4.59. The molecule has 3 nitrogen and oxygen atoms in total. The molecule has 0 bridgehead atoms. The minimum Gasteiger partial charge on any atom is -0.382 e. The number of Topliss-reactive ketones (excluding diaryl/α,β-unsaturated/α-hetero) is 2. The molecule has 0 heterocycles. The number of ketones is 2. The molecule has 18 heavy (non-hydrogen) atoms. The van der Waals surface area contributed by atoms with Crippen LogP contribution in [-0.4, -0.2) is 22.3 Å². The highest BCUT2D eigenvalue weighted by Gasteiger charge is 2.53. The number of hydrogen-bond donors (Lipinski definition) is 1. The van der Waals surface area contributed by atoms with Gasteiger partial charge in [0.15, 0.2) is 5.78 Å². The Kier molecular flexibility index (Phi) is 3.43. The van der Waals surface area contributed by atoms with Crippen LogP contribution in [0.2, 0.25) is 0 Å². The SMILES string of the molecule is CC(=O)[C@H]1[C@H](c2ccc(Br)cc2)CC(=O)[C@]1(C)O. The quantitative estimate of drug-likeness (QED) is 0.913. The topological polar surface area (TPSA) is 54.4 Å². The average molecular weight is 311 g/mol. The molecule has 0 spiro atoms. The summed E-state index contributed by atoms with van der Waals surface area (Å²) in [6, 6.07) is 7.53. The van der Waals surface area contributed by atoms with Gasteiger partial charge in [-0.2, -0.15) is 0 Å². The molecule has 2 rings (SSSR count). The lowest BCUT2D eigenvalue weighted by atomic mass is 9.80. The van der Waals surface area contributed by atoms with E-state index in [1.165, 1.54) is 13.8 Å². The Morgan fingerprint density at radius 2 is 1.94 bits per heavy atom. The maximum Gasteiger partial charge on any atom is 0.165 e. The zero-order chi connectivity index (χ0) is 13.5. The smallest absolute Gasteiger partial charge is 0.165 e. The number of carbonyl (C=O) groups excluding carboxylic acids is 2. The van der Waals surface area contributed by atoms with Gasteiger partial charge in [0, 0.05) is 16.8 Å². The second-order valence-electron chi connectivity index (χ2n) is 5.02. The van der Waals surface area contributed by atoms with Crippen LogP contribution in [0.25, 0.3) is 0 Å². The Bertz CT molecular complexity index is 490. The van der Waals surface area contributed by atoms with Gasteiger partial charge < -0.3 is 5.11 Å². The van der Waals surface area contributed by atoms with Crippen molar-refractivity contribution in [2.45, 2.75) is 31.8 Å². The van der Waals surface area contributed by atoms with Gasteiger partial charge in [0.2, 0.25) is 0 Å². The maximum atomic E-state index is 11.8. The van der Waals surface area contributed by atoms with Gasteiger partial charge in [-0.05, 0) is 31.5 Å². The van der Waals surface area contributed by atoms with E-state index in [0.717, 1.165) is 10.0 Å². The van der Waals surface area contributed by atoms with Gasteiger partial charge in [0.1, 0.15) is 11.4 Å². The molecular weight excluding hydrogens is 296 g/mol. The van der Waals surface area contributed by atoms with Crippen LogP contribution >= 0.6 is 15.9 Å². The molecule has 1 aliphatic carbocycles. The average Bonchev–Trinajstić information content (AvgIpc) is 2.51. The van der Waals surface area contributed by atoms with Crippen molar-refractivity contribution in [2.24, 2.45) is 5.92 Å². The summed E-state index contributed by atoms with van der Waals surface area (Å²) in [7, 11) is 0. The minimum absolute atomic E-state index is 0.140. The van der Waals surface area contributed by atoms with Gasteiger partial charge in [0.25, 0.3) is 0 Å². The summed E-state index contributed by atoms with van der Waals surface area (Å²) >= 11 is 3.35. The lowest BCUT2D eigenvalue weighted by Gasteiger charge is -2.25. The van der Waals surface area contributed by atoms with Crippen LogP contribution < -0.4 is 0 Å². The van der Waals surface area contributed by atoms with Gasteiger partial charge in [-0.25, -0.2) is 0 Å². The molecule has 1 saturated carbocycles. The van der Waals surface area contributed by atoms with Gasteiger partial charge in [-0.15, -0.1) is 0 Å². The summed E-state index contributed by atoms with van der Waals surface area (Å²) < 4.78 is 0.946. The van der Waals surface area contributed by atoms with E-state index in [2.05, 4.69) is 15.9 Å². The lowest BCUT2D eigenvalue weighted by molar-refractivity contribution is -0.141. The second-order valence-corrected chi connectivity index (χ2v) is 5.94. The third kappa shape index (κ3) is 2.15. The van der Waals surface area contributed by atoms with E-state index in [9.17, 15) is 14.7 Å². The predicted octanol–water partition coefficient (Wildman–Crippen LogP) is 2.46. The molecule has 1 aliphatic rings. The van der Waals surface area contributed by atoms with Crippen molar-refractivity contribution in [3.05, 3.63) is 34.3 Å². The first-order valence-electron chi connectivity index (χ1n) is 5.85. The summed E-state index contributed by atoms with van der Waals surface area (Å²) in [6.07, 6.45) is 0.221. The monoisotopic (exact) mass is 310 g/mol. The lowest BCUT2D eigenvalue weighted by Crippen LogP contribution is -2.41. The fraction of sp³-hybridized carbons (Fsp3) is 0.429. The van der Waals surface area contributed by atoms with E-state index in [4.69, 9.17) is 0 Å². The van der Waals surface area contributed by atoms with Crippen LogP contribution in [0.1, 0.15) is 31.7 Å². The predicted molar refractivity (Wildman–Crippen MR) is 71.3 cm³/mol. The summed E-state index contributed by atoms with van der Waals surface area (Å²) in [5.41, 5.74) is -0.617. The van der Waals surface area contributed by atoms with Crippen LogP contribution in [-0.2, 0) is 9.59 Å². The Morgan fingerprint density at radius 1 is 1.39 bits per heavy atom. The standard InChI is InChI=1S/C14H15BrO3/c1-8(16)13-11(7-12(17)14(13,2)18)9-3-5-10(15)6-4-9/h3-6,11,13,18H,7H2,1-2H3/t11-,13-,14-/m0/s1. The van der Waals surface area contributed by atoms with Crippen LogP contribution in [0.5, 0.6) is 0 Å². The molecule has 0 unspecified atom stereocenters. The van der Waals surface area contributed by atoms with Crippen molar-refractivity contribution < 1.29 is 14.7 Å². The van der Waals surface area contributed by atoms with Crippen molar-refractivity contribution in [3.8, 4) is 0 Å². The molecule has 4 heteroatoms. The molecule has 1 aromatic rings. The van der Waals surface area contributed by atoms with Gasteiger partial charge in [-0.3, -0.25) is 9.59 Å². The first-order valence-corrected chi connectivity index (χ1v) is 6.65. The van der Waals surface area contributed by atoms with Gasteiger partial charge in [0.05, 0.1) is 5.92 Å². The molecule has 0 amide bonds. The number of aliphatic hydroxyl groups is 1. The molecule has 0 aliphatic heterocycles. The fourth-order valence-electron chi connectivity index (χ4n) is 2.79. The molecule has 1 fully saturated rings. The van der Waals surface area contributed by atoms with E-state index < -0.39 is 11.5 Å². The third-order valence-electron chi connectivity index (χ3n) is 3.71. The minimum atomic E-state index is -1.54. The Balaban J connectivity index is 2.41. The van der Waals surface area contributed by atoms with Gasteiger partial charge in [-0.1, -0.05) is 28.1 Å². The zero-order valence-corrected chi connectivity index (χ0v) is 11.9. The number of carbonyl (C=O) groups is 2. The Hall–Kier alpha value is -1.00. The van der Waals surface area contributed by atoms with Crippen LogP contribution in [0.4, 0.5) is 0 Å². The summed E-state index contributed by atoms with van der Waals surface area (Å²) in [6.45, 7) is 2.88. The van der Waals surface area contributed by atoms with E-state index in [0.29, 0.717) is 0 Å². The number of rotatable bonds is 2. The van der Waals surface area contributed by atoms with Crippen LogP contribution in [0.3, 0.4) is 0 Å². The Labute approximate surface area is 114 Å². The van der Waals surface area contributed by atoms with Crippen LogP contribution in [0.15, 0.2) is 28.7 Å². The molecule has 0 saturated heterocycles. The zero-order valence-electron chi connectivity index (χ0n) is 10.3. The molecule has 0 aromatic heterocycles. The van der Waals surface area contributed by atoms with Crippen LogP contribution in [0, 0.1) is 5.92 Å². The van der Waals surface area contributed by atoms with Crippen molar-refractivity contribution in [2.75, 3.05) is 0 Å². The Morgan fingerprint density at radius 3 is 2.44 bits per heavy atom. The molecule has 3 atom stereocenters. The number of benzene rings is 1. The van der Waals surface area contributed by atoms with Crippen molar-refractivity contribution >= 4 is 27.5 Å². The van der Waals surface area contributed by atoms with Crippen molar-refractivity contribution in [1.82, 2.24) is 0 Å². The van der Waals surface area contributed by atoms with Crippen molar-refractivity contribution in [3.63, 3.8) is 0 Å². The van der Waals surface area contributed by atoms with E-state index in [-0.39, 0.29) is 23.9 Å². The normalized spacial score (nSPS) is 31.7. The molecule has 0 radical (unpaired) electrons. The molecule has 1 N–H and O–H groups in total. The fourth-order valence-corrected chi connectivity index (χ4v) is 3.05. The third-order valence-corrected chi connectivity index (χ3v) is 4.24. The maximum absolute atomic E-state index is 11.8. The number of halogens is 1. The molecule has 1 aromatic carbocycles. The van der Waals surface area contributed by atoms with E-state index in [1.54, 1.807) is 0 Å². The first-order chi connectivity index (χ1) is 8.34. The highest BCUT2D eigenvalue weighted by atomic mass is 79.9. The van der Waals surface area contributed by atoms with E-state index in [1.807, 2.05) is 24.3 Å². The molecule has 96 valence electrons. The first kappa shape index (κ1) is 13.4. The van der Waals surface area contributed by atoms with E-state index >= 15 is 0 Å². The summed E-state index contributed by atoms with van der Waals surface area (Å²) in [5, 5.41) is 10.2. The number of hydrogen-bond acceptors (Lipinski definition) is 3.